The van der Waals surface area contributed by atoms with Gasteiger partial charge in [-0.25, -0.2) is 0 Å². The Hall–Kier alpha value is -0.300. The van der Waals surface area contributed by atoms with Crippen LogP contribution in [0, 0.1) is 0 Å². The van der Waals surface area contributed by atoms with Gasteiger partial charge in [-0.15, -0.1) is 24.0 Å². The van der Waals surface area contributed by atoms with E-state index >= 15 is 0 Å². The van der Waals surface area contributed by atoms with Crippen LogP contribution in [0.1, 0.15) is 9.67 Å². The van der Waals surface area contributed by atoms with Gasteiger partial charge in [-0.2, -0.15) is 0 Å². The lowest BCUT2D eigenvalue weighted by Crippen LogP contribution is -2.10. The highest BCUT2D eigenvalue weighted by molar-refractivity contribution is 9.11. The SMILES string of the molecule is O=C(Nc1ccc(Br)cc1Br)c1cc(S)cs1. The molecule has 6 heteroatoms. The fraction of sp³-hybridized carbons (Fsp3) is 0. The molecule has 17 heavy (non-hydrogen) atoms. The summed E-state index contributed by atoms with van der Waals surface area (Å²) in [7, 11) is 0. The maximum atomic E-state index is 11.9. The van der Waals surface area contributed by atoms with Crippen LogP contribution in [0.3, 0.4) is 0 Å². The first kappa shape index (κ1) is 13.1. The van der Waals surface area contributed by atoms with Crippen molar-refractivity contribution in [3.05, 3.63) is 43.5 Å². The number of rotatable bonds is 2. The van der Waals surface area contributed by atoms with E-state index in [9.17, 15) is 4.79 Å². The van der Waals surface area contributed by atoms with Gasteiger partial charge in [0.2, 0.25) is 0 Å². The average Bonchev–Trinajstić information content (AvgIpc) is 2.69. The quantitative estimate of drug-likeness (QED) is 0.705. The molecule has 0 saturated heterocycles. The lowest BCUT2D eigenvalue weighted by atomic mass is 10.3. The van der Waals surface area contributed by atoms with E-state index in [1.807, 2.05) is 23.6 Å². The van der Waals surface area contributed by atoms with E-state index in [4.69, 9.17) is 0 Å². The normalized spacial score (nSPS) is 10.3. The molecule has 0 aliphatic rings. The van der Waals surface area contributed by atoms with E-state index < -0.39 is 0 Å². The van der Waals surface area contributed by atoms with Gasteiger partial charge < -0.3 is 5.32 Å². The summed E-state index contributed by atoms with van der Waals surface area (Å²) >= 11 is 12.3. The second-order valence-corrected chi connectivity index (χ2v) is 6.45. The van der Waals surface area contributed by atoms with Crippen molar-refractivity contribution in [3.63, 3.8) is 0 Å². The maximum Gasteiger partial charge on any atom is 0.265 e. The molecule has 2 rings (SSSR count). The van der Waals surface area contributed by atoms with E-state index in [-0.39, 0.29) is 5.91 Å². The van der Waals surface area contributed by atoms with Gasteiger partial charge in [0.15, 0.2) is 0 Å². The summed E-state index contributed by atoms with van der Waals surface area (Å²) in [5.74, 6) is -0.127. The highest BCUT2D eigenvalue weighted by Gasteiger charge is 2.10. The van der Waals surface area contributed by atoms with Crippen molar-refractivity contribution in [1.82, 2.24) is 0 Å². The molecular formula is C11H7Br2NOS2. The van der Waals surface area contributed by atoms with Gasteiger partial charge in [0.05, 0.1) is 10.6 Å². The Morgan fingerprint density at radius 3 is 2.65 bits per heavy atom. The summed E-state index contributed by atoms with van der Waals surface area (Å²) in [4.78, 5) is 13.3. The molecular weight excluding hydrogens is 386 g/mol. The molecule has 0 fully saturated rings. The second kappa shape index (κ2) is 5.56. The number of anilines is 1. The number of carbonyl (C=O) groups excluding carboxylic acids is 1. The van der Waals surface area contributed by atoms with Crippen LogP contribution in [0.5, 0.6) is 0 Å². The molecule has 1 aromatic heterocycles. The predicted octanol–water partition coefficient (Wildman–Crippen LogP) is 4.81. The molecule has 1 N–H and O–H groups in total. The molecule has 1 amide bonds. The van der Waals surface area contributed by atoms with Crippen molar-refractivity contribution < 1.29 is 4.79 Å². The Kier molecular flexibility index (Phi) is 4.30. The van der Waals surface area contributed by atoms with Crippen molar-refractivity contribution in [1.29, 1.82) is 0 Å². The second-order valence-electron chi connectivity index (χ2n) is 3.25. The van der Waals surface area contributed by atoms with Gasteiger partial charge in [0.25, 0.3) is 5.91 Å². The molecule has 0 aliphatic heterocycles. The molecule has 2 aromatic rings. The number of amides is 1. The Balaban J connectivity index is 2.18. The van der Waals surface area contributed by atoms with Gasteiger partial charge in [-0.3, -0.25) is 4.79 Å². The van der Waals surface area contributed by atoms with Gasteiger partial charge in [0, 0.05) is 19.2 Å². The van der Waals surface area contributed by atoms with Crippen molar-refractivity contribution in [2.75, 3.05) is 5.32 Å². The fourth-order valence-electron chi connectivity index (χ4n) is 1.22. The summed E-state index contributed by atoms with van der Waals surface area (Å²) < 4.78 is 1.79. The zero-order valence-electron chi connectivity index (χ0n) is 8.41. The maximum absolute atomic E-state index is 11.9. The molecule has 0 bridgehead atoms. The Morgan fingerprint density at radius 2 is 2.06 bits per heavy atom. The third kappa shape index (κ3) is 3.34. The fourth-order valence-corrected chi connectivity index (χ4v) is 3.41. The topological polar surface area (TPSA) is 29.1 Å². The number of benzene rings is 1. The van der Waals surface area contributed by atoms with Crippen LogP contribution in [0.25, 0.3) is 0 Å². The molecule has 0 aliphatic carbocycles. The summed E-state index contributed by atoms with van der Waals surface area (Å²) in [6.45, 7) is 0. The van der Waals surface area contributed by atoms with Crippen LogP contribution < -0.4 is 5.32 Å². The molecule has 0 unspecified atom stereocenters. The average molecular weight is 393 g/mol. The highest BCUT2D eigenvalue weighted by Crippen LogP contribution is 2.27. The molecule has 0 radical (unpaired) electrons. The number of thiophene rings is 1. The molecule has 2 nitrogen and oxygen atoms in total. The summed E-state index contributed by atoms with van der Waals surface area (Å²) in [5, 5.41) is 4.66. The smallest absolute Gasteiger partial charge is 0.265 e. The molecule has 1 aromatic carbocycles. The zero-order valence-corrected chi connectivity index (χ0v) is 13.3. The third-order valence-electron chi connectivity index (χ3n) is 1.99. The van der Waals surface area contributed by atoms with E-state index in [2.05, 4.69) is 49.8 Å². The first-order valence-electron chi connectivity index (χ1n) is 4.60. The van der Waals surface area contributed by atoms with Crippen molar-refractivity contribution in [2.24, 2.45) is 0 Å². The highest BCUT2D eigenvalue weighted by atomic mass is 79.9. The number of carbonyl (C=O) groups is 1. The van der Waals surface area contributed by atoms with Crippen molar-refractivity contribution in [2.45, 2.75) is 4.90 Å². The first-order valence-corrected chi connectivity index (χ1v) is 7.51. The van der Waals surface area contributed by atoms with Gasteiger partial charge in [0.1, 0.15) is 0 Å². The lowest BCUT2D eigenvalue weighted by molar-refractivity contribution is 0.103. The van der Waals surface area contributed by atoms with E-state index in [1.165, 1.54) is 11.3 Å². The Morgan fingerprint density at radius 1 is 1.29 bits per heavy atom. The monoisotopic (exact) mass is 391 g/mol. The minimum atomic E-state index is -0.127. The van der Waals surface area contributed by atoms with Gasteiger partial charge >= 0.3 is 0 Å². The number of thiol groups is 1. The van der Waals surface area contributed by atoms with Gasteiger partial charge in [-0.1, -0.05) is 15.9 Å². The minimum absolute atomic E-state index is 0.127. The summed E-state index contributed by atoms with van der Waals surface area (Å²) in [6.07, 6.45) is 0. The standard InChI is InChI=1S/C11H7Br2NOS2/c12-6-1-2-9(8(13)3-6)14-11(15)10-4-7(16)5-17-10/h1-5,16H,(H,14,15). The van der Waals surface area contributed by atoms with Crippen molar-refractivity contribution >= 4 is 67.4 Å². The number of hydrogen-bond acceptors (Lipinski definition) is 3. The Bertz CT molecular complexity index is 568. The lowest BCUT2D eigenvalue weighted by Gasteiger charge is -2.06. The summed E-state index contributed by atoms with van der Waals surface area (Å²) in [5.41, 5.74) is 0.743. The number of nitrogens with one attached hydrogen (secondary N) is 1. The molecule has 0 saturated carbocycles. The molecule has 0 spiro atoms. The van der Waals surface area contributed by atoms with Crippen LogP contribution in [0.2, 0.25) is 0 Å². The van der Waals surface area contributed by atoms with Crippen LogP contribution in [-0.2, 0) is 0 Å². The minimum Gasteiger partial charge on any atom is -0.320 e. The molecule has 0 atom stereocenters. The van der Waals surface area contributed by atoms with Crippen LogP contribution in [-0.4, -0.2) is 5.91 Å². The van der Waals surface area contributed by atoms with Crippen molar-refractivity contribution in [3.8, 4) is 0 Å². The molecule has 1 heterocycles. The third-order valence-corrected chi connectivity index (χ3v) is 4.50. The van der Waals surface area contributed by atoms with Crippen LogP contribution >= 0.6 is 55.8 Å². The largest absolute Gasteiger partial charge is 0.320 e. The van der Waals surface area contributed by atoms with E-state index in [0.717, 1.165) is 19.5 Å². The van der Waals surface area contributed by atoms with Crippen LogP contribution in [0.4, 0.5) is 5.69 Å². The Labute approximate surface area is 125 Å². The first-order chi connectivity index (χ1) is 8.06. The predicted molar refractivity (Wildman–Crippen MR) is 81.4 cm³/mol. The van der Waals surface area contributed by atoms with E-state index in [1.54, 1.807) is 6.07 Å². The molecule has 88 valence electrons. The zero-order chi connectivity index (χ0) is 12.4. The summed E-state index contributed by atoms with van der Waals surface area (Å²) in [6, 6.07) is 7.34. The van der Waals surface area contributed by atoms with Gasteiger partial charge in [-0.05, 0) is 40.2 Å². The van der Waals surface area contributed by atoms with Crippen LogP contribution in [0.15, 0.2) is 43.5 Å². The number of hydrogen-bond donors (Lipinski definition) is 2. The number of halogens is 2. The van der Waals surface area contributed by atoms with E-state index in [0.29, 0.717) is 4.88 Å².